The Morgan fingerprint density at radius 1 is 1.21 bits per heavy atom. The standard InChI is InChI=1S/C20H15FN4O3S/c1-11(28-19(27)13-4-7-15-16(8-13)23-10-22-15)18(26)25-20-24-17(9-29-20)12-2-5-14(21)6-3-12/h2-11H,1H3,(H,22,23)(H,24,25,26). The van der Waals surface area contributed by atoms with Crippen LogP contribution in [-0.4, -0.2) is 32.9 Å². The van der Waals surface area contributed by atoms with E-state index < -0.39 is 18.0 Å². The number of amides is 1. The van der Waals surface area contributed by atoms with Gasteiger partial charge >= 0.3 is 5.97 Å². The second-order valence-corrected chi connectivity index (χ2v) is 7.07. The maximum absolute atomic E-state index is 13.0. The van der Waals surface area contributed by atoms with Crippen LogP contribution in [0.1, 0.15) is 17.3 Å². The number of thiazole rings is 1. The van der Waals surface area contributed by atoms with Crippen molar-refractivity contribution in [3.05, 3.63) is 65.6 Å². The van der Waals surface area contributed by atoms with Crippen LogP contribution in [0, 0.1) is 5.82 Å². The van der Waals surface area contributed by atoms with E-state index in [4.69, 9.17) is 4.74 Å². The Balaban J connectivity index is 1.39. The number of imidazole rings is 1. The highest BCUT2D eigenvalue weighted by Crippen LogP contribution is 2.25. The smallest absolute Gasteiger partial charge is 0.338 e. The number of nitrogens with one attached hydrogen (secondary N) is 2. The Morgan fingerprint density at radius 3 is 2.79 bits per heavy atom. The molecule has 0 saturated heterocycles. The molecule has 7 nitrogen and oxygen atoms in total. The summed E-state index contributed by atoms with van der Waals surface area (Å²) in [7, 11) is 0. The first-order valence-corrected chi connectivity index (χ1v) is 9.54. The van der Waals surface area contributed by atoms with Crippen molar-refractivity contribution in [3.63, 3.8) is 0 Å². The van der Waals surface area contributed by atoms with Gasteiger partial charge in [-0.15, -0.1) is 11.3 Å². The number of ether oxygens (including phenoxy) is 1. The van der Waals surface area contributed by atoms with Crippen molar-refractivity contribution >= 4 is 39.4 Å². The third-order valence-corrected chi connectivity index (χ3v) is 4.94. The van der Waals surface area contributed by atoms with Crippen LogP contribution >= 0.6 is 11.3 Å². The molecule has 0 aliphatic heterocycles. The minimum atomic E-state index is -1.02. The Labute approximate surface area is 168 Å². The lowest BCUT2D eigenvalue weighted by molar-refractivity contribution is -0.123. The molecule has 2 heterocycles. The summed E-state index contributed by atoms with van der Waals surface area (Å²) in [6, 6.07) is 10.8. The molecule has 1 amide bonds. The number of halogens is 1. The molecule has 4 rings (SSSR count). The number of nitrogens with zero attached hydrogens (tertiary/aromatic N) is 2. The lowest BCUT2D eigenvalue weighted by Gasteiger charge is -2.12. The van der Waals surface area contributed by atoms with Crippen LogP contribution in [0.3, 0.4) is 0 Å². The number of rotatable bonds is 5. The van der Waals surface area contributed by atoms with Gasteiger partial charge in [-0.1, -0.05) is 0 Å². The Morgan fingerprint density at radius 2 is 2.00 bits per heavy atom. The number of aromatic amines is 1. The van der Waals surface area contributed by atoms with Gasteiger partial charge in [0.25, 0.3) is 5.91 Å². The van der Waals surface area contributed by atoms with Crippen LogP contribution < -0.4 is 5.32 Å². The molecule has 9 heteroatoms. The van der Waals surface area contributed by atoms with E-state index in [1.54, 1.807) is 35.7 Å². The molecule has 0 bridgehead atoms. The van der Waals surface area contributed by atoms with E-state index in [0.29, 0.717) is 21.9 Å². The first-order chi connectivity index (χ1) is 14.0. The zero-order valence-corrected chi connectivity index (χ0v) is 16.0. The van der Waals surface area contributed by atoms with Crippen LogP contribution in [0.25, 0.3) is 22.3 Å². The van der Waals surface area contributed by atoms with Crippen molar-refractivity contribution in [2.24, 2.45) is 0 Å². The summed E-state index contributed by atoms with van der Waals surface area (Å²) in [5.74, 6) is -1.45. The summed E-state index contributed by atoms with van der Waals surface area (Å²) in [4.78, 5) is 36.0. The molecule has 1 unspecified atom stereocenters. The highest BCUT2D eigenvalue weighted by Gasteiger charge is 2.20. The highest BCUT2D eigenvalue weighted by molar-refractivity contribution is 7.14. The molecule has 2 N–H and O–H groups in total. The summed E-state index contributed by atoms with van der Waals surface area (Å²) >= 11 is 1.22. The molecular formula is C20H15FN4O3S. The second kappa shape index (κ2) is 7.80. The third kappa shape index (κ3) is 4.14. The molecule has 0 aliphatic rings. The number of hydrogen-bond donors (Lipinski definition) is 2. The number of hydrogen-bond acceptors (Lipinski definition) is 6. The summed E-state index contributed by atoms with van der Waals surface area (Å²) in [6.45, 7) is 1.48. The van der Waals surface area contributed by atoms with Crippen molar-refractivity contribution < 1.29 is 18.7 Å². The van der Waals surface area contributed by atoms with Gasteiger partial charge in [-0.2, -0.15) is 0 Å². The maximum Gasteiger partial charge on any atom is 0.338 e. The van der Waals surface area contributed by atoms with E-state index >= 15 is 0 Å². The fraction of sp³-hybridized carbons (Fsp3) is 0.100. The Hall–Kier alpha value is -3.59. The number of aromatic nitrogens is 3. The van der Waals surface area contributed by atoms with E-state index in [0.717, 1.165) is 11.1 Å². The van der Waals surface area contributed by atoms with E-state index in [-0.39, 0.29) is 5.82 Å². The van der Waals surface area contributed by atoms with Crippen molar-refractivity contribution in [1.29, 1.82) is 0 Å². The lowest BCUT2D eigenvalue weighted by atomic mass is 10.2. The molecule has 0 saturated carbocycles. The van der Waals surface area contributed by atoms with Gasteiger partial charge < -0.3 is 9.72 Å². The average molecular weight is 410 g/mol. The van der Waals surface area contributed by atoms with Gasteiger partial charge in [0, 0.05) is 10.9 Å². The number of carbonyl (C=O) groups excluding carboxylic acids is 2. The summed E-state index contributed by atoms with van der Waals surface area (Å²) in [5.41, 5.74) is 3.09. The number of fused-ring (bicyclic) bond motifs is 1. The molecule has 0 aliphatic carbocycles. The summed E-state index contributed by atoms with van der Waals surface area (Å²) < 4.78 is 18.3. The number of esters is 1. The predicted octanol–water partition coefficient (Wildman–Crippen LogP) is 4.01. The number of anilines is 1. The molecule has 29 heavy (non-hydrogen) atoms. The van der Waals surface area contributed by atoms with E-state index in [1.165, 1.54) is 36.7 Å². The second-order valence-electron chi connectivity index (χ2n) is 6.22. The van der Waals surface area contributed by atoms with Crippen molar-refractivity contribution in [2.75, 3.05) is 5.32 Å². The van der Waals surface area contributed by atoms with Crippen LogP contribution in [0.15, 0.2) is 54.2 Å². The number of carbonyl (C=O) groups is 2. The fourth-order valence-electron chi connectivity index (χ4n) is 2.64. The largest absolute Gasteiger partial charge is 0.449 e. The minimum absolute atomic E-state index is 0.314. The molecule has 4 aromatic rings. The minimum Gasteiger partial charge on any atom is -0.449 e. The normalized spacial score (nSPS) is 11.9. The molecule has 0 radical (unpaired) electrons. The first kappa shape index (κ1) is 18.8. The van der Waals surface area contributed by atoms with Crippen molar-refractivity contribution in [2.45, 2.75) is 13.0 Å². The van der Waals surface area contributed by atoms with Gasteiger partial charge in [-0.05, 0) is 49.4 Å². The monoisotopic (exact) mass is 410 g/mol. The molecule has 0 spiro atoms. The Bertz CT molecular complexity index is 1190. The van der Waals surface area contributed by atoms with E-state index in [2.05, 4.69) is 20.3 Å². The molecule has 1 atom stereocenters. The van der Waals surface area contributed by atoms with Crippen LogP contribution in [0.4, 0.5) is 9.52 Å². The van der Waals surface area contributed by atoms with Crippen LogP contribution in [-0.2, 0) is 9.53 Å². The zero-order valence-electron chi connectivity index (χ0n) is 15.2. The zero-order chi connectivity index (χ0) is 20.4. The van der Waals surface area contributed by atoms with Crippen LogP contribution in [0.5, 0.6) is 0 Å². The van der Waals surface area contributed by atoms with E-state index in [9.17, 15) is 14.0 Å². The Kier molecular flexibility index (Phi) is 5.05. The highest BCUT2D eigenvalue weighted by atomic mass is 32.1. The molecule has 2 aromatic carbocycles. The van der Waals surface area contributed by atoms with Gasteiger partial charge in [0.2, 0.25) is 0 Å². The first-order valence-electron chi connectivity index (χ1n) is 8.66. The average Bonchev–Trinajstić information content (AvgIpc) is 3.37. The SMILES string of the molecule is CC(OC(=O)c1ccc2nc[nH]c2c1)C(=O)Nc1nc(-c2ccc(F)cc2)cs1. The predicted molar refractivity (Wildman–Crippen MR) is 107 cm³/mol. The van der Waals surface area contributed by atoms with Gasteiger partial charge in [-0.25, -0.2) is 19.2 Å². The lowest BCUT2D eigenvalue weighted by Crippen LogP contribution is -2.29. The number of H-pyrrole nitrogens is 1. The van der Waals surface area contributed by atoms with Crippen LogP contribution in [0.2, 0.25) is 0 Å². The van der Waals surface area contributed by atoms with Gasteiger partial charge in [0.15, 0.2) is 11.2 Å². The molecule has 2 aromatic heterocycles. The summed E-state index contributed by atoms with van der Waals surface area (Å²) in [6.07, 6.45) is 0.516. The molecule has 0 fully saturated rings. The maximum atomic E-state index is 13.0. The van der Waals surface area contributed by atoms with Gasteiger partial charge in [-0.3, -0.25) is 10.1 Å². The third-order valence-electron chi connectivity index (χ3n) is 4.18. The van der Waals surface area contributed by atoms with Crippen molar-refractivity contribution in [3.8, 4) is 11.3 Å². The quantitative estimate of drug-likeness (QED) is 0.485. The van der Waals surface area contributed by atoms with Crippen molar-refractivity contribution in [1.82, 2.24) is 15.0 Å². The topological polar surface area (TPSA) is 97.0 Å². The molecular weight excluding hydrogens is 395 g/mol. The number of benzene rings is 2. The summed E-state index contributed by atoms with van der Waals surface area (Å²) in [5, 5.41) is 4.73. The molecule has 146 valence electrons. The van der Waals surface area contributed by atoms with E-state index in [1.807, 2.05) is 0 Å². The van der Waals surface area contributed by atoms with Gasteiger partial charge in [0.1, 0.15) is 5.82 Å². The fourth-order valence-corrected chi connectivity index (χ4v) is 3.36. The van der Waals surface area contributed by atoms with Gasteiger partial charge in [0.05, 0.1) is 28.6 Å².